The van der Waals surface area contributed by atoms with Gasteiger partial charge in [0.2, 0.25) is 0 Å². The first-order valence-corrected chi connectivity index (χ1v) is 4.78. The average Bonchev–Trinajstić information content (AvgIpc) is 2.33. The summed E-state index contributed by atoms with van der Waals surface area (Å²) in [5.74, 6) is 0. The second kappa shape index (κ2) is 8.87. The van der Waals surface area contributed by atoms with E-state index in [9.17, 15) is 0 Å². The molecule has 0 N–H and O–H groups in total. The fourth-order valence-electron chi connectivity index (χ4n) is 1.24. The third-order valence-electron chi connectivity index (χ3n) is 2.15. The van der Waals surface area contributed by atoms with E-state index in [1.807, 2.05) is 0 Å². The molecule has 0 bridgehead atoms. The van der Waals surface area contributed by atoms with Gasteiger partial charge in [0.05, 0.1) is 12.7 Å². The van der Waals surface area contributed by atoms with Gasteiger partial charge in [-0.15, -0.1) is 0 Å². The van der Waals surface area contributed by atoms with Crippen LogP contribution in [-0.4, -0.2) is 40.1 Å². The van der Waals surface area contributed by atoms with Crippen LogP contribution in [0, 0.1) is 22.7 Å². The highest BCUT2D eigenvalue weighted by molar-refractivity contribution is 5.34. The Kier molecular flexibility index (Phi) is 8.10. The Hall–Kier alpha value is -1.40. The zero-order valence-corrected chi connectivity index (χ0v) is 9.77. The van der Waals surface area contributed by atoms with Crippen molar-refractivity contribution in [3.63, 3.8) is 0 Å². The first kappa shape index (κ1) is 14.6. The molecule has 0 fully saturated rings. The monoisotopic (exact) mass is 224 g/mol. The van der Waals surface area contributed by atoms with E-state index in [2.05, 4.69) is 0 Å². The molecule has 0 aromatic heterocycles. The molecule has 0 aliphatic rings. The van der Waals surface area contributed by atoms with Gasteiger partial charge in [0.15, 0.2) is 0 Å². The molecule has 0 unspecified atom stereocenters. The Balaban J connectivity index is 4.46. The molecule has 0 aliphatic carbocycles. The van der Waals surface area contributed by atoms with E-state index < -0.39 is 0 Å². The second-order valence-electron chi connectivity index (χ2n) is 3.08. The molecule has 0 heterocycles. The van der Waals surface area contributed by atoms with Crippen LogP contribution in [0.4, 0.5) is 0 Å². The van der Waals surface area contributed by atoms with Crippen molar-refractivity contribution in [2.24, 2.45) is 0 Å². The smallest absolute Gasteiger partial charge is 0.125 e. The summed E-state index contributed by atoms with van der Waals surface area (Å²) in [5, 5.41) is 17.1. The molecule has 88 valence electrons. The van der Waals surface area contributed by atoms with Crippen molar-refractivity contribution in [1.82, 2.24) is 0 Å². The van der Waals surface area contributed by atoms with Gasteiger partial charge in [-0.05, 0) is 6.42 Å². The Labute approximate surface area is 95.8 Å². The maximum absolute atomic E-state index is 8.57. The molecule has 0 saturated carbocycles. The molecule has 0 spiro atoms. The van der Waals surface area contributed by atoms with Crippen molar-refractivity contribution in [1.29, 1.82) is 10.5 Å². The summed E-state index contributed by atoms with van der Waals surface area (Å²) >= 11 is 0. The summed E-state index contributed by atoms with van der Waals surface area (Å²) < 4.78 is 15.4. The van der Waals surface area contributed by atoms with Crippen molar-refractivity contribution < 1.29 is 14.2 Å². The van der Waals surface area contributed by atoms with Gasteiger partial charge in [-0.1, -0.05) is 6.08 Å². The van der Waals surface area contributed by atoms with Crippen LogP contribution in [0.3, 0.4) is 0 Å². The number of nitrogens with zero attached hydrogens (tertiary/aromatic N) is 2. The van der Waals surface area contributed by atoms with Crippen LogP contribution in [0.25, 0.3) is 0 Å². The summed E-state index contributed by atoms with van der Waals surface area (Å²) in [6.07, 6.45) is 1.52. The molecule has 5 nitrogen and oxygen atoms in total. The number of hydrogen-bond donors (Lipinski definition) is 0. The quantitative estimate of drug-likeness (QED) is 0.603. The van der Waals surface area contributed by atoms with Crippen molar-refractivity contribution in [3.8, 4) is 12.1 Å². The minimum absolute atomic E-state index is 0.0781. The average molecular weight is 224 g/mol. The Bertz CT molecular complexity index is 285. The fraction of sp³-hybridized carbons (Fsp3) is 0.636. The lowest BCUT2D eigenvalue weighted by Gasteiger charge is -2.23. The van der Waals surface area contributed by atoms with Crippen LogP contribution in [-0.2, 0) is 14.2 Å². The first-order valence-electron chi connectivity index (χ1n) is 4.78. The molecule has 0 rings (SSSR count). The zero-order valence-electron chi connectivity index (χ0n) is 9.77. The molecule has 0 amide bonds. The zero-order chi connectivity index (χ0) is 12.4. The van der Waals surface area contributed by atoms with Crippen LogP contribution in [0.5, 0.6) is 0 Å². The number of nitriles is 2. The lowest BCUT2D eigenvalue weighted by Crippen LogP contribution is -2.33. The predicted molar refractivity (Wildman–Crippen MR) is 57.4 cm³/mol. The lowest BCUT2D eigenvalue weighted by atomic mass is 10.1. The van der Waals surface area contributed by atoms with Crippen molar-refractivity contribution >= 4 is 0 Å². The number of allylic oxidation sites excluding steroid dienone is 1. The SMILES string of the molecule is COC[C@@H](OC)[C@H](CC=C(C#N)C#N)OC. The third-order valence-corrected chi connectivity index (χ3v) is 2.15. The maximum Gasteiger partial charge on any atom is 0.125 e. The molecular weight excluding hydrogens is 208 g/mol. The number of ether oxygens (including phenoxy) is 3. The highest BCUT2D eigenvalue weighted by atomic mass is 16.6. The van der Waals surface area contributed by atoms with Gasteiger partial charge in [0.25, 0.3) is 0 Å². The van der Waals surface area contributed by atoms with E-state index in [1.165, 1.54) is 6.08 Å². The lowest BCUT2D eigenvalue weighted by molar-refractivity contribution is -0.0661. The molecule has 0 aromatic carbocycles. The topological polar surface area (TPSA) is 75.3 Å². The summed E-state index contributed by atoms with van der Waals surface area (Å²) in [6, 6.07) is 3.58. The maximum atomic E-state index is 8.57. The third kappa shape index (κ3) is 4.90. The van der Waals surface area contributed by atoms with E-state index in [1.54, 1.807) is 33.5 Å². The van der Waals surface area contributed by atoms with Crippen LogP contribution in [0.1, 0.15) is 6.42 Å². The van der Waals surface area contributed by atoms with E-state index >= 15 is 0 Å². The Morgan fingerprint density at radius 2 is 1.69 bits per heavy atom. The van der Waals surface area contributed by atoms with Gasteiger partial charge < -0.3 is 14.2 Å². The molecule has 0 aliphatic heterocycles. The largest absolute Gasteiger partial charge is 0.382 e. The normalized spacial score (nSPS) is 13.3. The molecule has 0 aromatic rings. The standard InChI is InChI=1S/C11H16N2O3/c1-14-8-11(16-3)10(15-2)5-4-9(6-12)7-13/h4,10-11H,5,8H2,1-3H3/t10-,11+/m0/s1. The highest BCUT2D eigenvalue weighted by Gasteiger charge is 2.19. The molecular formula is C11H16N2O3. The van der Waals surface area contributed by atoms with Crippen molar-refractivity contribution in [2.75, 3.05) is 27.9 Å². The van der Waals surface area contributed by atoms with Gasteiger partial charge >= 0.3 is 0 Å². The van der Waals surface area contributed by atoms with Crippen LogP contribution < -0.4 is 0 Å². The second-order valence-corrected chi connectivity index (χ2v) is 3.08. The van der Waals surface area contributed by atoms with E-state index in [0.29, 0.717) is 13.0 Å². The summed E-state index contributed by atoms with van der Waals surface area (Å²) in [7, 11) is 4.69. The summed E-state index contributed by atoms with van der Waals surface area (Å²) in [6.45, 7) is 0.400. The van der Waals surface area contributed by atoms with Gasteiger partial charge in [-0.3, -0.25) is 0 Å². The molecule has 0 saturated heterocycles. The van der Waals surface area contributed by atoms with Crippen LogP contribution >= 0.6 is 0 Å². The first-order chi connectivity index (χ1) is 7.73. The van der Waals surface area contributed by atoms with Gasteiger partial charge in [0.1, 0.15) is 23.8 Å². The minimum Gasteiger partial charge on any atom is -0.382 e. The van der Waals surface area contributed by atoms with Crippen molar-refractivity contribution in [2.45, 2.75) is 18.6 Å². The Morgan fingerprint density at radius 3 is 2.06 bits per heavy atom. The predicted octanol–water partition coefficient (Wildman–Crippen LogP) is 1.03. The minimum atomic E-state index is -0.235. The van der Waals surface area contributed by atoms with Gasteiger partial charge in [-0.2, -0.15) is 10.5 Å². The van der Waals surface area contributed by atoms with E-state index in [-0.39, 0.29) is 17.8 Å². The molecule has 5 heteroatoms. The van der Waals surface area contributed by atoms with Gasteiger partial charge in [0, 0.05) is 21.3 Å². The number of hydrogen-bond acceptors (Lipinski definition) is 5. The van der Waals surface area contributed by atoms with Gasteiger partial charge in [-0.25, -0.2) is 0 Å². The van der Waals surface area contributed by atoms with Crippen molar-refractivity contribution in [3.05, 3.63) is 11.6 Å². The number of methoxy groups -OCH3 is 3. The number of rotatable bonds is 7. The van der Waals surface area contributed by atoms with Crippen LogP contribution in [0.15, 0.2) is 11.6 Å². The summed E-state index contributed by atoms with van der Waals surface area (Å²) in [5.41, 5.74) is 0.0781. The molecule has 2 atom stereocenters. The molecule has 16 heavy (non-hydrogen) atoms. The molecule has 0 radical (unpaired) electrons. The fourth-order valence-corrected chi connectivity index (χ4v) is 1.24. The van der Waals surface area contributed by atoms with E-state index in [4.69, 9.17) is 24.7 Å². The summed E-state index contributed by atoms with van der Waals surface area (Å²) in [4.78, 5) is 0. The van der Waals surface area contributed by atoms with Crippen LogP contribution in [0.2, 0.25) is 0 Å². The Morgan fingerprint density at radius 1 is 1.12 bits per heavy atom. The van der Waals surface area contributed by atoms with E-state index in [0.717, 1.165) is 0 Å². The highest BCUT2D eigenvalue weighted by Crippen LogP contribution is 2.10.